The largest absolute Gasteiger partial charge is 0.348 e. The number of anilines is 1. The predicted molar refractivity (Wildman–Crippen MR) is 76.6 cm³/mol. The van der Waals surface area contributed by atoms with E-state index in [0.717, 1.165) is 44.1 Å². The lowest BCUT2D eigenvalue weighted by molar-refractivity contribution is 0.656. The summed E-state index contributed by atoms with van der Waals surface area (Å²) in [4.78, 5) is 2.07. The van der Waals surface area contributed by atoms with Gasteiger partial charge in [0.1, 0.15) is 0 Å². The quantitative estimate of drug-likeness (QED) is 0.535. The molecule has 1 aromatic heterocycles. The van der Waals surface area contributed by atoms with Gasteiger partial charge < -0.3 is 10.2 Å². The maximum atomic E-state index is 4.24. The van der Waals surface area contributed by atoms with Gasteiger partial charge in [0.25, 0.3) is 0 Å². The molecule has 18 heavy (non-hydrogen) atoms. The van der Waals surface area contributed by atoms with Gasteiger partial charge in [-0.1, -0.05) is 19.1 Å². The third kappa shape index (κ3) is 4.67. The smallest absolute Gasteiger partial charge is 0.151 e. The highest BCUT2D eigenvalue weighted by molar-refractivity contribution is 5.38. The summed E-state index contributed by atoms with van der Waals surface area (Å²) >= 11 is 0. The molecule has 0 unspecified atom stereocenters. The Morgan fingerprint density at radius 3 is 2.44 bits per heavy atom. The van der Waals surface area contributed by atoms with Gasteiger partial charge in [0.2, 0.25) is 0 Å². The molecule has 0 radical (unpaired) electrons. The number of hydrogen-bond donors (Lipinski definition) is 1. The average molecular weight is 246 g/mol. The summed E-state index contributed by atoms with van der Waals surface area (Å²) in [5, 5.41) is 11.8. The number of rotatable bonds is 9. The maximum Gasteiger partial charge on any atom is 0.151 e. The van der Waals surface area contributed by atoms with E-state index in [2.05, 4.69) is 40.5 Å². The molecule has 0 aliphatic heterocycles. The van der Waals surface area contributed by atoms with E-state index in [1.807, 2.05) is 24.3 Å². The zero-order valence-corrected chi connectivity index (χ0v) is 11.1. The normalized spacial score (nSPS) is 10.1. The Balaban J connectivity index is 2.61. The molecule has 0 aliphatic rings. The van der Waals surface area contributed by atoms with Crippen molar-refractivity contribution in [1.82, 2.24) is 15.5 Å². The van der Waals surface area contributed by atoms with Gasteiger partial charge in [-0.05, 0) is 25.1 Å². The third-order valence-electron chi connectivity index (χ3n) is 2.46. The first kappa shape index (κ1) is 14.4. The van der Waals surface area contributed by atoms with Gasteiger partial charge in [-0.3, -0.25) is 0 Å². The number of aromatic nitrogens is 2. The molecule has 0 saturated carbocycles. The molecule has 1 aromatic rings. The van der Waals surface area contributed by atoms with Crippen LogP contribution in [-0.2, 0) is 6.54 Å². The minimum atomic E-state index is 0.744. The molecule has 0 aromatic carbocycles. The van der Waals surface area contributed by atoms with Gasteiger partial charge >= 0.3 is 0 Å². The van der Waals surface area contributed by atoms with Crippen LogP contribution >= 0.6 is 0 Å². The monoisotopic (exact) mass is 246 g/mol. The second-order valence-electron chi connectivity index (χ2n) is 4.04. The summed E-state index contributed by atoms with van der Waals surface area (Å²) in [6, 6.07) is 3.99. The summed E-state index contributed by atoms with van der Waals surface area (Å²) in [6.07, 6.45) is 4.82. The molecule has 1 heterocycles. The van der Waals surface area contributed by atoms with Crippen LogP contribution in [0.2, 0.25) is 0 Å². The molecule has 4 heteroatoms. The molecule has 0 spiro atoms. The Kier molecular flexibility index (Phi) is 6.72. The Bertz CT molecular complexity index is 349. The van der Waals surface area contributed by atoms with Crippen molar-refractivity contribution < 1.29 is 0 Å². The van der Waals surface area contributed by atoms with Crippen LogP contribution in [0.25, 0.3) is 0 Å². The summed E-state index contributed by atoms with van der Waals surface area (Å²) < 4.78 is 0. The standard InChI is InChI=1S/C14H22N4/c1-4-9-15-12-13-7-8-14(17-16-13)18(10-5-2)11-6-3/h5-8,15H,2-4,9-12H2,1H3. The lowest BCUT2D eigenvalue weighted by Gasteiger charge is -2.19. The molecule has 0 amide bonds. The lowest BCUT2D eigenvalue weighted by atomic mass is 10.3. The molecule has 1 N–H and O–H groups in total. The highest BCUT2D eigenvalue weighted by Gasteiger charge is 2.05. The van der Waals surface area contributed by atoms with Crippen LogP contribution in [0.4, 0.5) is 5.82 Å². The molecular formula is C14H22N4. The third-order valence-corrected chi connectivity index (χ3v) is 2.46. The van der Waals surface area contributed by atoms with Crippen molar-refractivity contribution in [1.29, 1.82) is 0 Å². The fourth-order valence-corrected chi connectivity index (χ4v) is 1.58. The van der Waals surface area contributed by atoms with Crippen LogP contribution in [0.5, 0.6) is 0 Å². The summed E-state index contributed by atoms with van der Waals surface area (Å²) in [6.45, 7) is 12.9. The maximum absolute atomic E-state index is 4.24. The molecule has 0 fully saturated rings. The van der Waals surface area contributed by atoms with Gasteiger partial charge in [-0.2, -0.15) is 5.10 Å². The molecule has 98 valence electrons. The number of nitrogens with zero attached hydrogens (tertiary/aromatic N) is 3. The first-order valence-electron chi connectivity index (χ1n) is 6.31. The van der Waals surface area contributed by atoms with Crippen molar-refractivity contribution in [3.63, 3.8) is 0 Å². The van der Waals surface area contributed by atoms with E-state index in [1.165, 1.54) is 0 Å². The van der Waals surface area contributed by atoms with Crippen molar-refractivity contribution in [3.8, 4) is 0 Å². The zero-order valence-electron chi connectivity index (χ0n) is 11.1. The summed E-state index contributed by atoms with van der Waals surface area (Å²) in [5.74, 6) is 0.856. The first-order valence-corrected chi connectivity index (χ1v) is 6.31. The Morgan fingerprint density at radius 2 is 1.94 bits per heavy atom. The van der Waals surface area contributed by atoms with E-state index >= 15 is 0 Å². The summed E-state index contributed by atoms with van der Waals surface area (Å²) in [7, 11) is 0. The molecule has 1 rings (SSSR count). The fourth-order valence-electron chi connectivity index (χ4n) is 1.58. The number of nitrogens with one attached hydrogen (secondary N) is 1. The van der Waals surface area contributed by atoms with Crippen molar-refractivity contribution in [3.05, 3.63) is 43.1 Å². The Labute approximate surface area is 109 Å². The SMILES string of the molecule is C=CCN(CC=C)c1ccc(CNCCC)nn1. The minimum Gasteiger partial charge on any atom is -0.348 e. The van der Waals surface area contributed by atoms with E-state index in [4.69, 9.17) is 0 Å². The average Bonchev–Trinajstić information content (AvgIpc) is 2.40. The van der Waals surface area contributed by atoms with E-state index in [-0.39, 0.29) is 0 Å². The highest BCUT2D eigenvalue weighted by Crippen LogP contribution is 2.09. The second kappa shape index (κ2) is 8.42. The molecule has 0 saturated heterocycles. The van der Waals surface area contributed by atoms with Crippen LogP contribution in [0.15, 0.2) is 37.4 Å². The molecule has 0 atom stereocenters. The van der Waals surface area contributed by atoms with Crippen molar-refractivity contribution in [2.75, 3.05) is 24.5 Å². The van der Waals surface area contributed by atoms with E-state index in [0.29, 0.717) is 0 Å². The van der Waals surface area contributed by atoms with Crippen LogP contribution in [0.1, 0.15) is 19.0 Å². The van der Waals surface area contributed by atoms with Crippen molar-refractivity contribution >= 4 is 5.82 Å². The van der Waals surface area contributed by atoms with Crippen molar-refractivity contribution in [2.45, 2.75) is 19.9 Å². The van der Waals surface area contributed by atoms with Crippen LogP contribution < -0.4 is 10.2 Å². The van der Waals surface area contributed by atoms with Crippen LogP contribution in [0, 0.1) is 0 Å². The highest BCUT2D eigenvalue weighted by atomic mass is 15.3. The van der Waals surface area contributed by atoms with Crippen molar-refractivity contribution in [2.24, 2.45) is 0 Å². The van der Waals surface area contributed by atoms with E-state index in [9.17, 15) is 0 Å². The van der Waals surface area contributed by atoms with Gasteiger partial charge in [0.15, 0.2) is 5.82 Å². The minimum absolute atomic E-state index is 0.744. The van der Waals surface area contributed by atoms with E-state index < -0.39 is 0 Å². The molecular weight excluding hydrogens is 224 g/mol. The van der Waals surface area contributed by atoms with Crippen LogP contribution in [0.3, 0.4) is 0 Å². The second-order valence-corrected chi connectivity index (χ2v) is 4.04. The van der Waals surface area contributed by atoms with Crippen LogP contribution in [-0.4, -0.2) is 29.8 Å². The lowest BCUT2D eigenvalue weighted by Crippen LogP contribution is -2.24. The topological polar surface area (TPSA) is 41.0 Å². The molecule has 0 aliphatic carbocycles. The molecule has 4 nitrogen and oxygen atoms in total. The van der Waals surface area contributed by atoms with Gasteiger partial charge in [0.05, 0.1) is 5.69 Å². The van der Waals surface area contributed by atoms with Gasteiger partial charge in [-0.25, -0.2) is 0 Å². The summed E-state index contributed by atoms with van der Waals surface area (Å²) in [5.41, 5.74) is 0.962. The van der Waals surface area contributed by atoms with E-state index in [1.54, 1.807) is 0 Å². The van der Waals surface area contributed by atoms with Gasteiger partial charge in [0, 0.05) is 19.6 Å². The molecule has 0 bridgehead atoms. The first-order chi connectivity index (χ1) is 8.81. The fraction of sp³-hybridized carbons (Fsp3) is 0.429. The van der Waals surface area contributed by atoms with Gasteiger partial charge in [-0.15, -0.1) is 18.3 Å². The Morgan fingerprint density at radius 1 is 1.22 bits per heavy atom. The Hall–Kier alpha value is -1.68. The number of hydrogen-bond acceptors (Lipinski definition) is 4. The predicted octanol–water partition coefficient (Wildman–Crippen LogP) is 2.15. The zero-order chi connectivity index (χ0) is 13.2.